The van der Waals surface area contributed by atoms with Gasteiger partial charge in [-0.3, -0.25) is 19.8 Å². The van der Waals surface area contributed by atoms with Crippen LogP contribution >= 0.6 is 24.0 Å². The molecule has 146 valence electrons. The number of non-ortho nitro benzene ring substituents is 1. The second-order valence-electron chi connectivity index (χ2n) is 5.84. The average Bonchev–Trinajstić information content (AvgIpc) is 2.97. The zero-order chi connectivity index (χ0) is 21.0. The summed E-state index contributed by atoms with van der Waals surface area (Å²) < 4.78 is 5.75. The van der Waals surface area contributed by atoms with Crippen LogP contribution in [0.15, 0.2) is 66.1 Å². The van der Waals surface area contributed by atoms with Crippen molar-refractivity contribution in [3.05, 3.63) is 87.3 Å². The summed E-state index contributed by atoms with van der Waals surface area (Å²) in [6.45, 7) is 3.98. The van der Waals surface area contributed by atoms with Gasteiger partial charge in [0.1, 0.15) is 10.1 Å². The molecule has 0 radical (unpaired) electrons. The zero-order valence-corrected chi connectivity index (χ0v) is 16.6. The lowest BCUT2D eigenvalue weighted by atomic mass is 10.2. The van der Waals surface area contributed by atoms with Gasteiger partial charge in [-0.25, -0.2) is 4.79 Å². The average molecular weight is 426 g/mol. The highest BCUT2D eigenvalue weighted by Gasteiger charge is 2.30. The van der Waals surface area contributed by atoms with Gasteiger partial charge in [0.2, 0.25) is 0 Å². The molecule has 29 heavy (non-hydrogen) atoms. The topological polar surface area (TPSA) is 89.8 Å². The van der Waals surface area contributed by atoms with Gasteiger partial charge in [-0.05, 0) is 35.9 Å². The molecule has 0 atom stereocenters. The Bertz CT molecular complexity index is 1030. The fourth-order valence-electron chi connectivity index (χ4n) is 2.46. The molecule has 0 spiro atoms. The molecule has 7 nitrogen and oxygen atoms in total. The van der Waals surface area contributed by atoms with E-state index >= 15 is 0 Å². The molecule has 0 aliphatic carbocycles. The van der Waals surface area contributed by atoms with Gasteiger partial charge in [-0.1, -0.05) is 42.2 Å². The van der Waals surface area contributed by atoms with E-state index < -0.39 is 10.9 Å². The Morgan fingerprint density at radius 1 is 1.21 bits per heavy atom. The predicted octanol–water partition coefficient (Wildman–Crippen LogP) is 4.20. The minimum atomic E-state index is -0.627. The Balaban J connectivity index is 1.68. The smallest absolute Gasteiger partial charge is 0.343 e. The Morgan fingerprint density at radius 3 is 2.45 bits per heavy atom. The van der Waals surface area contributed by atoms with E-state index in [1.54, 1.807) is 36.4 Å². The van der Waals surface area contributed by atoms with Crippen LogP contribution in [0.5, 0.6) is 5.75 Å². The predicted molar refractivity (Wildman–Crippen MR) is 115 cm³/mol. The van der Waals surface area contributed by atoms with E-state index in [1.165, 1.54) is 40.9 Å². The molecule has 1 fully saturated rings. The molecular formula is C20H14N2O5S2. The number of thiocarbonyl (C=S) groups is 1. The quantitative estimate of drug-likeness (QED) is 0.130. The van der Waals surface area contributed by atoms with Crippen molar-refractivity contribution in [3.8, 4) is 5.75 Å². The first-order valence-electron chi connectivity index (χ1n) is 8.32. The molecule has 1 aliphatic rings. The van der Waals surface area contributed by atoms with Crippen molar-refractivity contribution in [1.82, 2.24) is 4.90 Å². The molecule has 1 heterocycles. The van der Waals surface area contributed by atoms with Gasteiger partial charge in [-0.15, -0.1) is 6.58 Å². The van der Waals surface area contributed by atoms with Crippen molar-refractivity contribution in [1.29, 1.82) is 0 Å². The van der Waals surface area contributed by atoms with Crippen LogP contribution in [0, 0.1) is 10.1 Å². The molecule has 1 saturated heterocycles. The number of nitro groups is 1. The molecule has 0 aromatic heterocycles. The third kappa shape index (κ3) is 4.76. The number of thioether (sulfide) groups is 1. The summed E-state index contributed by atoms with van der Waals surface area (Å²) in [5, 5.41) is 10.7. The van der Waals surface area contributed by atoms with Gasteiger partial charge in [-0.2, -0.15) is 0 Å². The van der Waals surface area contributed by atoms with Crippen LogP contribution in [-0.4, -0.2) is 32.6 Å². The fourth-order valence-corrected chi connectivity index (χ4v) is 3.73. The number of rotatable bonds is 6. The van der Waals surface area contributed by atoms with Crippen molar-refractivity contribution in [2.24, 2.45) is 0 Å². The maximum absolute atomic E-state index is 12.3. The van der Waals surface area contributed by atoms with Crippen LogP contribution in [0.3, 0.4) is 0 Å². The highest BCUT2D eigenvalue weighted by molar-refractivity contribution is 8.26. The summed E-state index contributed by atoms with van der Waals surface area (Å²) in [7, 11) is 0. The summed E-state index contributed by atoms with van der Waals surface area (Å²) in [5.41, 5.74) is 0.842. The highest BCUT2D eigenvalue weighted by atomic mass is 32.2. The van der Waals surface area contributed by atoms with E-state index in [-0.39, 0.29) is 17.2 Å². The Hall–Kier alpha value is -3.30. The minimum Gasteiger partial charge on any atom is -0.423 e. The van der Waals surface area contributed by atoms with Gasteiger partial charge in [0.25, 0.3) is 11.6 Å². The number of hydrogen-bond acceptors (Lipinski definition) is 7. The van der Waals surface area contributed by atoms with E-state index in [0.29, 0.717) is 21.5 Å². The number of ether oxygens (including phenoxy) is 1. The summed E-state index contributed by atoms with van der Waals surface area (Å²) >= 11 is 6.42. The first kappa shape index (κ1) is 20.4. The van der Waals surface area contributed by atoms with E-state index in [4.69, 9.17) is 17.0 Å². The number of hydrogen-bond donors (Lipinski definition) is 0. The van der Waals surface area contributed by atoms with Crippen LogP contribution in [0.2, 0.25) is 0 Å². The second-order valence-corrected chi connectivity index (χ2v) is 7.52. The second kappa shape index (κ2) is 8.80. The molecule has 2 aromatic carbocycles. The largest absolute Gasteiger partial charge is 0.423 e. The normalized spacial score (nSPS) is 14.9. The molecule has 1 amide bonds. The number of nitro benzene ring substituents is 1. The monoisotopic (exact) mass is 426 g/mol. The van der Waals surface area contributed by atoms with Crippen molar-refractivity contribution < 1.29 is 19.2 Å². The molecular weight excluding hydrogens is 412 g/mol. The Kier molecular flexibility index (Phi) is 6.20. The number of benzene rings is 2. The maximum atomic E-state index is 12.3. The van der Waals surface area contributed by atoms with Crippen LogP contribution in [0.4, 0.5) is 5.69 Å². The SMILES string of the molecule is C=CCN1C(=O)/C(=C\c2ccc(OC(=O)c3ccc([N+](=O)[O-])cc3)cc2)SC1=S. The van der Waals surface area contributed by atoms with Gasteiger partial charge in [0.05, 0.1) is 15.4 Å². The lowest BCUT2D eigenvalue weighted by Gasteiger charge is -2.10. The maximum Gasteiger partial charge on any atom is 0.343 e. The molecule has 0 saturated carbocycles. The first-order chi connectivity index (χ1) is 13.9. The van der Waals surface area contributed by atoms with Gasteiger partial charge in [0.15, 0.2) is 0 Å². The minimum absolute atomic E-state index is 0.107. The molecule has 2 aromatic rings. The first-order valence-corrected chi connectivity index (χ1v) is 9.54. The van der Waals surface area contributed by atoms with E-state index in [2.05, 4.69) is 6.58 Å². The number of nitrogens with zero attached hydrogens (tertiary/aromatic N) is 2. The number of amides is 1. The van der Waals surface area contributed by atoms with Gasteiger partial charge in [0, 0.05) is 18.7 Å². The summed E-state index contributed by atoms with van der Waals surface area (Å²) in [6, 6.07) is 11.8. The van der Waals surface area contributed by atoms with Crippen LogP contribution in [0.25, 0.3) is 6.08 Å². The molecule has 9 heteroatoms. The number of carbonyl (C=O) groups excluding carboxylic acids is 2. The van der Waals surface area contributed by atoms with E-state index in [9.17, 15) is 19.7 Å². The molecule has 0 bridgehead atoms. The van der Waals surface area contributed by atoms with Gasteiger partial charge >= 0.3 is 5.97 Å². The summed E-state index contributed by atoms with van der Waals surface area (Å²) in [5.74, 6) is -0.490. The third-order valence-corrected chi connectivity index (χ3v) is 5.27. The standard InChI is InChI=1S/C20H14N2O5S2/c1-2-11-21-18(23)17(29-20(21)28)12-13-3-9-16(10-4-13)27-19(24)14-5-7-15(8-6-14)22(25)26/h2-10,12H,1,11H2/b17-12+. The van der Waals surface area contributed by atoms with Crippen molar-refractivity contribution in [3.63, 3.8) is 0 Å². The van der Waals surface area contributed by atoms with Crippen LogP contribution < -0.4 is 4.74 Å². The van der Waals surface area contributed by atoms with Crippen molar-refractivity contribution in [2.45, 2.75) is 0 Å². The Morgan fingerprint density at radius 2 is 1.86 bits per heavy atom. The number of carbonyl (C=O) groups is 2. The lowest BCUT2D eigenvalue weighted by molar-refractivity contribution is -0.384. The van der Waals surface area contributed by atoms with Crippen molar-refractivity contribution in [2.75, 3.05) is 6.54 Å². The molecule has 3 rings (SSSR count). The third-order valence-electron chi connectivity index (χ3n) is 3.89. The van der Waals surface area contributed by atoms with Crippen molar-refractivity contribution >= 4 is 51.9 Å². The summed E-state index contributed by atoms with van der Waals surface area (Å²) in [6.07, 6.45) is 3.33. The van der Waals surface area contributed by atoms with Gasteiger partial charge < -0.3 is 4.74 Å². The van der Waals surface area contributed by atoms with Crippen LogP contribution in [-0.2, 0) is 4.79 Å². The molecule has 1 aliphatic heterocycles. The zero-order valence-electron chi connectivity index (χ0n) is 14.9. The number of esters is 1. The lowest BCUT2D eigenvalue weighted by Crippen LogP contribution is -2.27. The highest BCUT2D eigenvalue weighted by Crippen LogP contribution is 2.32. The van der Waals surface area contributed by atoms with Crippen LogP contribution in [0.1, 0.15) is 15.9 Å². The molecule has 0 unspecified atom stereocenters. The molecule has 0 N–H and O–H groups in total. The summed E-state index contributed by atoms with van der Waals surface area (Å²) in [4.78, 5) is 36.6. The Labute approximate surface area is 175 Å². The van der Waals surface area contributed by atoms with E-state index in [0.717, 1.165) is 5.56 Å². The van der Waals surface area contributed by atoms with E-state index in [1.807, 2.05) is 0 Å². The fraction of sp³-hybridized carbons (Fsp3) is 0.0500.